The standard InChI is InChI=1S/C17H22FNO4/c1-2-21-16(20)17(18)8-5-9-19(12-17)10-13-11-22-14-6-3-4-7-15(14)23-13/h3-4,6-7,13H,2,5,8-12H2,1H3. The van der Waals surface area contributed by atoms with Gasteiger partial charge in [0.25, 0.3) is 0 Å². The Kier molecular flexibility index (Phi) is 4.71. The fraction of sp³-hybridized carbons (Fsp3) is 0.588. The maximum atomic E-state index is 14.8. The summed E-state index contributed by atoms with van der Waals surface area (Å²) < 4.78 is 31.3. The van der Waals surface area contributed by atoms with Gasteiger partial charge < -0.3 is 14.2 Å². The van der Waals surface area contributed by atoms with Gasteiger partial charge in [-0.1, -0.05) is 12.1 Å². The van der Waals surface area contributed by atoms with Gasteiger partial charge in [-0.2, -0.15) is 0 Å². The third-order valence-corrected chi connectivity index (χ3v) is 4.19. The van der Waals surface area contributed by atoms with E-state index in [1.807, 2.05) is 29.2 Å². The number of likely N-dealkylation sites (tertiary alicyclic amines) is 1. The summed E-state index contributed by atoms with van der Waals surface area (Å²) in [6.07, 6.45) is 0.668. The predicted octanol–water partition coefficient (Wildman–Crippen LogP) is 2.19. The fourth-order valence-corrected chi connectivity index (χ4v) is 3.12. The number of carbonyl (C=O) groups excluding carboxylic acids is 1. The molecule has 5 nitrogen and oxygen atoms in total. The molecule has 0 aliphatic carbocycles. The topological polar surface area (TPSA) is 48.0 Å². The molecule has 0 spiro atoms. The number of esters is 1. The van der Waals surface area contributed by atoms with Gasteiger partial charge in [0.15, 0.2) is 11.5 Å². The molecule has 1 saturated heterocycles. The Hall–Kier alpha value is -1.82. The number of carbonyl (C=O) groups is 1. The van der Waals surface area contributed by atoms with E-state index in [0.29, 0.717) is 25.3 Å². The molecule has 6 heteroatoms. The van der Waals surface area contributed by atoms with Crippen LogP contribution in [0.5, 0.6) is 11.5 Å². The van der Waals surface area contributed by atoms with Gasteiger partial charge in [0.2, 0.25) is 5.67 Å². The quantitative estimate of drug-likeness (QED) is 0.795. The van der Waals surface area contributed by atoms with Crippen molar-refractivity contribution in [2.45, 2.75) is 31.5 Å². The highest BCUT2D eigenvalue weighted by atomic mass is 19.1. The SMILES string of the molecule is CCOC(=O)C1(F)CCCN(CC2COc3ccccc3O2)C1. The second kappa shape index (κ2) is 6.74. The molecule has 0 N–H and O–H groups in total. The fourth-order valence-electron chi connectivity index (χ4n) is 3.12. The maximum absolute atomic E-state index is 14.8. The molecule has 3 rings (SSSR count). The molecule has 0 amide bonds. The van der Waals surface area contributed by atoms with Crippen molar-refractivity contribution >= 4 is 5.97 Å². The lowest BCUT2D eigenvalue weighted by Crippen LogP contribution is -2.53. The van der Waals surface area contributed by atoms with E-state index in [4.69, 9.17) is 14.2 Å². The smallest absolute Gasteiger partial charge is 0.345 e. The summed E-state index contributed by atoms with van der Waals surface area (Å²) in [6.45, 7) is 3.62. The van der Waals surface area contributed by atoms with Crippen LogP contribution in [0.3, 0.4) is 0 Å². The van der Waals surface area contributed by atoms with Crippen molar-refractivity contribution in [3.8, 4) is 11.5 Å². The van der Waals surface area contributed by atoms with E-state index >= 15 is 0 Å². The third kappa shape index (κ3) is 3.58. The number of alkyl halides is 1. The number of halogens is 1. The Labute approximate surface area is 135 Å². The Morgan fingerprint density at radius 2 is 2.22 bits per heavy atom. The minimum Gasteiger partial charge on any atom is -0.486 e. The number of benzene rings is 1. The molecule has 1 aromatic carbocycles. The van der Waals surface area contributed by atoms with Gasteiger partial charge in [0, 0.05) is 13.1 Å². The van der Waals surface area contributed by atoms with Crippen LogP contribution in [-0.2, 0) is 9.53 Å². The van der Waals surface area contributed by atoms with Gasteiger partial charge >= 0.3 is 5.97 Å². The van der Waals surface area contributed by atoms with Crippen LogP contribution in [0.2, 0.25) is 0 Å². The molecule has 2 atom stereocenters. The second-order valence-electron chi connectivity index (χ2n) is 6.02. The van der Waals surface area contributed by atoms with Crippen LogP contribution in [-0.4, -0.2) is 55.5 Å². The average Bonchev–Trinajstić information content (AvgIpc) is 2.55. The molecule has 2 aliphatic heterocycles. The number of piperidine rings is 1. The molecule has 23 heavy (non-hydrogen) atoms. The zero-order chi connectivity index (χ0) is 16.3. The summed E-state index contributed by atoms with van der Waals surface area (Å²) in [4.78, 5) is 13.8. The Bertz CT molecular complexity index is 567. The normalized spacial score (nSPS) is 27.5. The van der Waals surface area contributed by atoms with E-state index in [1.54, 1.807) is 6.92 Å². The van der Waals surface area contributed by atoms with Crippen molar-refractivity contribution in [2.24, 2.45) is 0 Å². The second-order valence-corrected chi connectivity index (χ2v) is 6.02. The van der Waals surface area contributed by atoms with E-state index in [0.717, 1.165) is 12.3 Å². The highest BCUT2D eigenvalue weighted by molar-refractivity contribution is 5.79. The molecule has 2 aliphatic rings. The Morgan fingerprint density at radius 3 is 3.00 bits per heavy atom. The van der Waals surface area contributed by atoms with Crippen LogP contribution in [0.1, 0.15) is 19.8 Å². The van der Waals surface area contributed by atoms with Crippen molar-refractivity contribution in [2.75, 3.05) is 32.8 Å². The number of rotatable bonds is 4. The minimum atomic E-state index is -1.91. The summed E-state index contributed by atoms with van der Waals surface area (Å²) in [5.41, 5.74) is -1.91. The van der Waals surface area contributed by atoms with E-state index in [2.05, 4.69) is 0 Å². The molecule has 126 valence electrons. The summed E-state index contributed by atoms with van der Waals surface area (Å²) >= 11 is 0. The number of nitrogens with zero attached hydrogens (tertiary/aromatic N) is 1. The number of para-hydroxylation sites is 2. The van der Waals surface area contributed by atoms with E-state index in [9.17, 15) is 9.18 Å². The molecule has 1 aromatic rings. The van der Waals surface area contributed by atoms with Gasteiger partial charge in [0.1, 0.15) is 12.7 Å². The van der Waals surface area contributed by atoms with Gasteiger partial charge in [0.05, 0.1) is 6.61 Å². The van der Waals surface area contributed by atoms with Crippen LogP contribution in [0.15, 0.2) is 24.3 Å². The number of hydrogen-bond donors (Lipinski definition) is 0. The largest absolute Gasteiger partial charge is 0.486 e. The van der Waals surface area contributed by atoms with Gasteiger partial charge in [-0.3, -0.25) is 4.90 Å². The first-order valence-electron chi connectivity index (χ1n) is 8.08. The van der Waals surface area contributed by atoms with Crippen molar-refractivity contribution in [1.29, 1.82) is 0 Å². The summed E-state index contributed by atoms with van der Waals surface area (Å²) in [6, 6.07) is 7.50. The van der Waals surface area contributed by atoms with Gasteiger partial charge in [-0.25, -0.2) is 9.18 Å². The predicted molar refractivity (Wildman–Crippen MR) is 82.5 cm³/mol. The number of ether oxygens (including phenoxy) is 3. The lowest BCUT2D eigenvalue weighted by molar-refractivity contribution is -0.161. The molecule has 0 bridgehead atoms. The van der Waals surface area contributed by atoms with Gasteiger partial charge in [-0.05, 0) is 38.4 Å². The van der Waals surface area contributed by atoms with Gasteiger partial charge in [-0.15, -0.1) is 0 Å². The Balaban J connectivity index is 1.59. The highest BCUT2D eigenvalue weighted by Gasteiger charge is 2.44. The average molecular weight is 323 g/mol. The first-order valence-corrected chi connectivity index (χ1v) is 8.08. The first kappa shape index (κ1) is 16.1. The zero-order valence-electron chi connectivity index (χ0n) is 13.3. The molecule has 0 saturated carbocycles. The molecule has 1 fully saturated rings. The lowest BCUT2D eigenvalue weighted by atomic mass is 9.94. The first-order chi connectivity index (χ1) is 11.1. The molecule has 0 radical (unpaired) electrons. The van der Waals surface area contributed by atoms with Crippen LogP contribution >= 0.6 is 0 Å². The number of fused-ring (bicyclic) bond motifs is 1. The molecule has 0 aromatic heterocycles. The van der Waals surface area contributed by atoms with Crippen molar-refractivity contribution in [3.63, 3.8) is 0 Å². The van der Waals surface area contributed by atoms with E-state index in [1.165, 1.54) is 0 Å². The lowest BCUT2D eigenvalue weighted by Gasteiger charge is -2.38. The maximum Gasteiger partial charge on any atom is 0.345 e. The monoisotopic (exact) mass is 323 g/mol. The third-order valence-electron chi connectivity index (χ3n) is 4.19. The molecular weight excluding hydrogens is 301 g/mol. The van der Waals surface area contributed by atoms with Crippen LogP contribution in [0.4, 0.5) is 4.39 Å². The van der Waals surface area contributed by atoms with Crippen molar-refractivity contribution in [1.82, 2.24) is 4.90 Å². The summed E-state index contributed by atoms with van der Waals surface area (Å²) in [5, 5.41) is 0. The van der Waals surface area contributed by atoms with Crippen molar-refractivity contribution in [3.05, 3.63) is 24.3 Å². The van der Waals surface area contributed by atoms with Crippen LogP contribution < -0.4 is 9.47 Å². The van der Waals surface area contributed by atoms with Crippen LogP contribution in [0, 0.1) is 0 Å². The zero-order valence-corrected chi connectivity index (χ0v) is 13.3. The van der Waals surface area contributed by atoms with E-state index < -0.39 is 11.6 Å². The summed E-state index contributed by atoms with van der Waals surface area (Å²) in [7, 11) is 0. The van der Waals surface area contributed by atoms with Crippen molar-refractivity contribution < 1.29 is 23.4 Å². The molecular formula is C17H22FNO4. The molecule has 2 unspecified atom stereocenters. The van der Waals surface area contributed by atoms with E-state index in [-0.39, 0.29) is 25.7 Å². The van der Waals surface area contributed by atoms with Crippen LogP contribution in [0.25, 0.3) is 0 Å². The summed E-state index contributed by atoms with van der Waals surface area (Å²) in [5.74, 6) is 0.683. The minimum absolute atomic E-state index is 0.0489. The molecule has 2 heterocycles. The Morgan fingerprint density at radius 1 is 1.43 bits per heavy atom. The number of hydrogen-bond acceptors (Lipinski definition) is 5. The highest BCUT2D eigenvalue weighted by Crippen LogP contribution is 2.32.